The third kappa shape index (κ3) is 3.20. The Morgan fingerprint density at radius 3 is 2.84 bits per heavy atom. The Hall–Kier alpha value is -1.68. The summed E-state index contributed by atoms with van der Waals surface area (Å²) in [5, 5.41) is 3.27. The van der Waals surface area contributed by atoms with Crippen LogP contribution in [0.15, 0.2) is 30.6 Å². The molecule has 0 atom stereocenters. The lowest BCUT2D eigenvalue weighted by Crippen LogP contribution is -2.13. The van der Waals surface area contributed by atoms with Gasteiger partial charge in [-0.3, -0.25) is 0 Å². The van der Waals surface area contributed by atoms with Crippen molar-refractivity contribution in [3.05, 3.63) is 42.0 Å². The third-order valence-corrected chi connectivity index (χ3v) is 3.09. The Kier molecular flexibility index (Phi) is 4.68. The molecule has 0 saturated heterocycles. The molecule has 0 saturated carbocycles. The van der Waals surface area contributed by atoms with Crippen LogP contribution in [0, 0.1) is 5.82 Å². The molecule has 0 aliphatic carbocycles. The Morgan fingerprint density at radius 1 is 1.32 bits per heavy atom. The van der Waals surface area contributed by atoms with E-state index in [1.54, 1.807) is 12.3 Å². The Bertz CT molecular complexity index is 534. The molecule has 2 rings (SSSR count). The van der Waals surface area contributed by atoms with E-state index in [-0.39, 0.29) is 5.82 Å². The first-order valence-corrected chi connectivity index (χ1v) is 6.77. The number of imidazole rings is 1. The molecule has 3 nitrogen and oxygen atoms in total. The van der Waals surface area contributed by atoms with Crippen molar-refractivity contribution in [2.45, 2.75) is 33.4 Å². The van der Waals surface area contributed by atoms with Gasteiger partial charge in [0.25, 0.3) is 0 Å². The van der Waals surface area contributed by atoms with Crippen molar-refractivity contribution in [2.75, 3.05) is 6.54 Å². The fourth-order valence-electron chi connectivity index (χ4n) is 2.07. The quantitative estimate of drug-likeness (QED) is 0.809. The fourth-order valence-corrected chi connectivity index (χ4v) is 2.07. The average molecular weight is 261 g/mol. The highest BCUT2D eigenvalue weighted by atomic mass is 19.1. The minimum atomic E-state index is -0.211. The molecule has 19 heavy (non-hydrogen) atoms. The summed E-state index contributed by atoms with van der Waals surface area (Å²) in [6, 6.07) is 5.36. The number of benzene rings is 1. The maximum Gasteiger partial charge on any atom is 0.142 e. The van der Waals surface area contributed by atoms with Gasteiger partial charge in [-0.1, -0.05) is 13.0 Å². The van der Waals surface area contributed by atoms with Crippen LogP contribution in [0.5, 0.6) is 0 Å². The second-order valence-electron chi connectivity index (χ2n) is 4.53. The fraction of sp³-hybridized carbons (Fsp3) is 0.400. The summed E-state index contributed by atoms with van der Waals surface area (Å²) in [5.41, 5.74) is 1.52. The zero-order valence-electron chi connectivity index (χ0n) is 11.5. The molecule has 0 aliphatic heterocycles. The van der Waals surface area contributed by atoms with Gasteiger partial charge in [0.15, 0.2) is 0 Å². The van der Waals surface area contributed by atoms with Crippen molar-refractivity contribution in [1.82, 2.24) is 14.9 Å². The van der Waals surface area contributed by atoms with Gasteiger partial charge >= 0.3 is 0 Å². The number of nitrogens with zero attached hydrogens (tertiary/aromatic N) is 2. The van der Waals surface area contributed by atoms with E-state index in [9.17, 15) is 4.39 Å². The van der Waals surface area contributed by atoms with Crippen LogP contribution in [-0.4, -0.2) is 16.1 Å². The standard InChI is InChI=1S/C15H20FN3/c1-3-7-17-11-12-5-6-13(14(16)10-12)15-18-8-9-19(15)4-2/h5-6,8-10,17H,3-4,7,11H2,1-2H3. The summed E-state index contributed by atoms with van der Waals surface area (Å²) in [4.78, 5) is 4.23. The van der Waals surface area contributed by atoms with Crippen LogP contribution in [0.25, 0.3) is 11.4 Å². The third-order valence-electron chi connectivity index (χ3n) is 3.09. The van der Waals surface area contributed by atoms with Crippen molar-refractivity contribution in [3.8, 4) is 11.4 Å². The summed E-state index contributed by atoms with van der Waals surface area (Å²) in [6.45, 7) is 6.57. The number of rotatable bonds is 6. The molecule has 4 heteroatoms. The summed E-state index contributed by atoms with van der Waals surface area (Å²) in [5.74, 6) is 0.477. The van der Waals surface area contributed by atoms with Crippen LogP contribution in [0.4, 0.5) is 4.39 Å². The lowest BCUT2D eigenvalue weighted by Gasteiger charge is -2.08. The molecule has 0 unspecified atom stereocenters. The lowest BCUT2D eigenvalue weighted by atomic mass is 10.1. The van der Waals surface area contributed by atoms with Gasteiger partial charge in [0, 0.05) is 25.5 Å². The maximum absolute atomic E-state index is 14.2. The Labute approximate surface area is 113 Å². The highest BCUT2D eigenvalue weighted by Gasteiger charge is 2.10. The largest absolute Gasteiger partial charge is 0.331 e. The van der Waals surface area contributed by atoms with Gasteiger partial charge in [-0.2, -0.15) is 0 Å². The summed E-state index contributed by atoms with van der Waals surface area (Å²) in [6.07, 6.45) is 4.65. The molecule has 1 heterocycles. The molecule has 2 aromatic rings. The number of hydrogen-bond donors (Lipinski definition) is 1. The number of aromatic nitrogens is 2. The number of halogens is 1. The molecular weight excluding hydrogens is 241 g/mol. The highest BCUT2D eigenvalue weighted by molar-refractivity contribution is 5.57. The van der Waals surface area contributed by atoms with E-state index in [0.29, 0.717) is 17.9 Å². The molecule has 0 amide bonds. The lowest BCUT2D eigenvalue weighted by molar-refractivity contribution is 0.619. The number of hydrogen-bond acceptors (Lipinski definition) is 2. The summed E-state index contributed by atoms with van der Waals surface area (Å²) >= 11 is 0. The van der Waals surface area contributed by atoms with Gasteiger partial charge in [-0.05, 0) is 37.6 Å². The molecule has 1 aromatic carbocycles. The summed E-state index contributed by atoms with van der Waals surface area (Å²) in [7, 11) is 0. The zero-order valence-corrected chi connectivity index (χ0v) is 11.5. The van der Waals surface area contributed by atoms with Crippen LogP contribution < -0.4 is 5.32 Å². The monoisotopic (exact) mass is 261 g/mol. The van der Waals surface area contributed by atoms with Gasteiger partial charge in [0.2, 0.25) is 0 Å². The average Bonchev–Trinajstić information content (AvgIpc) is 2.87. The van der Waals surface area contributed by atoms with E-state index in [1.807, 2.05) is 29.8 Å². The van der Waals surface area contributed by atoms with Crippen LogP contribution >= 0.6 is 0 Å². The van der Waals surface area contributed by atoms with Gasteiger partial charge in [0.1, 0.15) is 11.6 Å². The van der Waals surface area contributed by atoms with Crippen molar-refractivity contribution in [2.24, 2.45) is 0 Å². The van der Waals surface area contributed by atoms with Gasteiger partial charge < -0.3 is 9.88 Å². The van der Waals surface area contributed by atoms with E-state index in [0.717, 1.165) is 25.1 Å². The normalized spacial score (nSPS) is 10.9. The molecule has 0 spiro atoms. The first kappa shape index (κ1) is 13.7. The van der Waals surface area contributed by atoms with E-state index in [2.05, 4.69) is 17.2 Å². The predicted octanol–water partition coefficient (Wildman–Crippen LogP) is 3.21. The minimum Gasteiger partial charge on any atom is -0.331 e. The van der Waals surface area contributed by atoms with E-state index in [1.165, 1.54) is 0 Å². The minimum absolute atomic E-state index is 0.211. The molecular formula is C15H20FN3. The van der Waals surface area contributed by atoms with Crippen LogP contribution in [-0.2, 0) is 13.1 Å². The van der Waals surface area contributed by atoms with Crippen LogP contribution in [0.1, 0.15) is 25.8 Å². The second-order valence-corrected chi connectivity index (χ2v) is 4.53. The molecule has 102 valence electrons. The first-order chi connectivity index (χ1) is 9.26. The molecule has 1 aromatic heterocycles. The van der Waals surface area contributed by atoms with Gasteiger partial charge in [-0.15, -0.1) is 0 Å². The van der Waals surface area contributed by atoms with Gasteiger partial charge in [0.05, 0.1) is 5.56 Å². The SMILES string of the molecule is CCCNCc1ccc(-c2nccn2CC)c(F)c1. The van der Waals surface area contributed by atoms with Crippen molar-refractivity contribution >= 4 is 0 Å². The summed E-state index contributed by atoms with van der Waals surface area (Å²) < 4.78 is 16.1. The van der Waals surface area contributed by atoms with Crippen molar-refractivity contribution in [1.29, 1.82) is 0 Å². The topological polar surface area (TPSA) is 29.9 Å². The molecule has 0 fully saturated rings. The van der Waals surface area contributed by atoms with Gasteiger partial charge in [-0.25, -0.2) is 9.37 Å². The number of nitrogens with one attached hydrogen (secondary N) is 1. The molecule has 0 aliphatic rings. The van der Waals surface area contributed by atoms with Crippen LogP contribution in [0.2, 0.25) is 0 Å². The predicted molar refractivity (Wildman–Crippen MR) is 75.3 cm³/mol. The van der Waals surface area contributed by atoms with Crippen molar-refractivity contribution < 1.29 is 4.39 Å². The van der Waals surface area contributed by atoms with E-state index in [4.69, 9.17) is 0 Å². The zero-order chi connectivity index (χ0) is 13.7. The first-order valence-electron chi connectivity index (χ1n) is 6.77. The van der Waals surface area contributed by atoms with E-state index < -0.39 is 0 Å². The smallest absolute Gasteiger partial charge is 0.142 e. The Balaban J connectivity index is 2.19. The van der Waals surface area contributed by atoms with Crippen molar-refractivity contribution in [3.63, 3.8) is 0 Å². The Morgan fingerprint density at radius 2 is 2.16 bits per heavy atom. The second kappa shape index (κ2) is 6.48. The van der Waals surface area contributed by atoms with Crippen LogP contribution in [0.3, 0.4) is 0 Å². The maximum atomic E-state index is 14.2. The highest BCUT2D eigenvalue weighted by Crippen LogP contribution is 2.22. The molecule has 1 N–H and O–H groups in total. The molecule has 0 bridgehead atoms. The number of aryl methyl sites for hydroxylation is 1. The molecule has 0 radical (unpaired) electrons. The van der Waals surface area contributed by atoms with E-state index >= 15 is 0 Å².